The number of rotatable bonds is 2. The quantitative estimate of drug-likeness (QED) is 0.722. The van der Waals surface area contributed by atoms with Crippen LogP contribution < -0.4 is 4.74 Å². The van der Waals surface area contributed by atoms with Gasteiger partial charge in [0.25, 0.3) is 0 Å². The smallest absolute Gasteiger partial charge is 0.157 e. The van der Waals surface area contributed by atoms with Gasteiger partial charge in [0.15, 0.2) is 5.75 Å². The fourth-order valence-electron chi connectivity index (χ4n) is 2.14. The van der Waals surface area contributed by atoms with Gasteiger partial charge in [0, 0.05) is 7.05 Å². The molecule has 1 fully saturated rings. The zero-order valence-electron chi connectivity index (χ0n) is 8.94. The van der Waals surface area contributed by atoms with Crippen LogP contribution in [0.25, 0.3) is 0 Å². The van der Waals surface area contributed by atoms with E-state index in [1.807, 2.05) is 13.2 Å². The maximum absolute atomic E-state index is 5.86. The average molecular weight is 194 g/mol. The molecule has 1 heterocycles. The van der Waals surface area contributed by atoms with Crippen molar-refractivity contribution in [3.05, 3.63) is 12.4 Å². The van der Waals surface area contributed by atoms with E-state index in [4.69, 9.17) is 4.74 Å². The molecule has 14 heavy (non-hydrogen) atoms. The molecule has 1 aromatic heterocycles. The molecule has 2 rings (SSSR count). The molecule has 0 amide bonds. The molecule has 1 aliphatic carbocycles. The van der Waals surface area contributed by atoms with E-state index in [1.54, 1.807) is 10.9 Å². The van der Waals surface area contributed by atoms with Gasteiger partial charge in [-0.1, -0.05) is 13.3 Å². The summed E-state index contributed by atoms with van der Waals surface area (Å²) in [6.45, 7) is 2.30. The summed E-state index contributed by atoms with van der Waals surface area (Å²) in [5.74, 6) is 1.72. The Morgan fingerprint density at radius 1 is 1.50 bits per heavy atom. The van der Waals surface area contributed by atoms with E-state index in [9.17, 15) is 0 Å². The minimum Gasteiger partial charge on any atom is -0.487 e. The second kappa shape index (κ2) is 4.03. The molecule has 0 aliphatic heterocycles. The van der Waals surface area contributed by atoms with Gasteiger partial charge < -0.3 is 4.74 Å². The Morgan fingerprint density at radius 3 is 3.00 bits per heavy atom. The lowest BCUT2D eigenvalue weighted by Gasteiger charge is -2.26. The van der Waals surface area contributed by atoms with E-state index in [0.29, 0.717) is 6.10 Å². The third kappa shape index (κ3) is 2.28. The van der Waals surface area contributed by atoms with Crippen molar-refractivity contribution in [3.63, 3.8) is 0 Å². The highest BCUT2D eigenvalue weighted by atomic mass is 16.5. The van der Waals surface area contributed by atoms with Crippen LogP contribution in [-0.2, 0) is 7.05 Å². The number of ether oxygens (including phenoxy) is 1. The predicted molar refractivity (Wildman–Crippen MR) is 55.3 cm³/mol. The molecule has 3 nitrogen and oxygen atoms in total. The van der Waals surface area contributed by atoms with Crippen molar-refractivity contribution in [1.29, 1.82) is 0 Å². The summed E-state index contributed by atoms with van der Waals surface area (Å²) in [5, 5.41) is 4.09. The average Bonchev–Trinajstić information content (AvgIpc) is 2.51. The van der Waals surface area contributed by atoms with Crippen molar-refractivity contribution < 1.29 is 4.74 Å². The van der Waals surface area contributed by atoms with Crippen molar-refractivity contribution in [3.8, 4) is 5.75 Å². The van der Waals surface area contributed by atoms with Crippen molar-refractivity contribution in [1.82, 2.24) is 9.78 Å². The van der Waals surface area contributed by atoms with Gasteiger partial charge in [-0.05, 0) is 25.2 Å². The van der Waals surface area contributed by atoms with Gasteiger partial charge in [0.05, 0.1) is 18.5 Å². The Kier molecular flexibility index (Phi) is 2.75. The second-order valence-corrected chi connectivity index (χ2v) is 4.36. The van der Waals surface area contributed by atoms with Crippen LogP contribution in [0.2, 0.25) is 0 Å². The van der Waals surface area contributed by atoms with Crippen LogP contribution in [0.3, 0.4) is 0 Å². The fourth-order valence-corrected chi connectivity index (χ4v) is 2.14. The van der Waals surface area contributed by atoms with Gasteiger partial charge in [0.1, 0.15) is 0 Å². The first-order valence-electron chi connectivity index (χ1n) is 5.39. The van der Waals surface area contributed by atoms with Crippen LogP contribution in [0.4, 0.5) is 0 Å². The number of aryl methyl sites for hydroxylation is 1. The molecule has 0 N–H and O–H groups in total. The summed E-state index contributed by atoms with van der Waals surface area (Å²) in [5.41, 5.74) is 0. The highest BCUT2D eigenvalue weighted by molar-refractivity contribution is 5.11. The lowest BCUT2D eigenvalue weighted by atomic mass is 9.89. The van der Waals surface area contributed by atoms with Gasteiger partial charge in [-0.15, -0.1) is 0 Å². The van der Waals surface area contributed by atoms with E-state index < -0.39 is 0 Å². The zero-order valence-corrected chi connectivity index (χ0v) is 8.94. The molecule has 0 spiro atoms. The van der Waals surface area contributed by atoms with Gasteiger partial charge in [-0.3, -0.25) is 4.68 Å². The van der Waals surface area contributed by atoms with Crippen LogP contribution in [-0.4, -0.2) is 15.9 Å². The molecule has 0 saturated heterocycles. The summed E-state index contributed by atoms with van der Waals surface area (Å²) in [7, 11) is 1.91. The van der Waals surface area contributed by atoms with Crippen molar-refractivity contribution in [2.24, 2.45) is 13.0 Å². The van der Waals surface area contributed by atoms with Gasteiger partial charge >= 0.3 is 0 Å². The van der Waals surface area contributed by atoms with E-state index in [-0.39, 0.29) is 0 Å². The molecule has 1 aromatic rings. The minimum absolute atomic E-state index is 0.406. The molecule has 3 heteroatoms. The van der Waals surface area contributed by atoms with Crippen LogP contribution in [0.15, 0.2) is 12.4 Å². The van der Waals surface area contributed by atoms with E-state index in [2.05, 4.69) is 12.0 Å². The summed E-state index contributed by atoms with van der Waals surface area (Å²) in [6, 6.07) is 0. The third-order valence-corrected chi connectivity index (χ3v) is 2.87. The van der Waals surface area contributed by atoms with Crippen LogP contribution in [0, 0.1) is 5.92 Å². The molecule has 0 radical (unpaired) electrons. The first kappa shape index (κ1) is 9.56. The fraction of sp³-hybridized carbons (Fsp3) is 0.727. The summed E-state index contributed by atoms with van der Waals surface area (Å²) < 4.78 is 7.64. The van der Waals surface area contributed by atoms with E-state index >= 15 is 0 Å². The molecule has 0 bridgehead atoms. The van der Waals surface area contributed by atoms with Gasteiger partial charge in [-0.2, -0.15) is 5.10 Å². The monoisotopic (exact) mass is 194 g/mol. The topological polar surface area (TPSA) is 27.1 Å². The highest BCUT2D eigenvalue weighted by Gasteiger charge is 2.20. The van der Waals surface area contributed by atoms with Gasteiger partial charge in [0.2, 0.25) is 0 Å². The third-order valence-electron chi connectivity index (χ3n) is 2.87. The Hall–Kier alpha value is -0.990. The molecular weight excluding hydrogens is 176 g/mol. The van der Waals surface area contributed by atoms with Gasteiger partial charge in [-0.25, -0.2) is 0 Å². The van der Waals surface area contributed by atoms with Crippen molar-refractivity contribution >= 4 is 0 Å². The summed E-state index contributed by atoms with van der Waals surface area (Å²) >= 11 is 0. The predicted octanol–water partition coefficient (Wildman–Crippen LogP) is 2.38. The Bertz CT molecular complexity index is 295. The number of nitrogens with zero attached hydrogens (tertiary/aromatic N) is 2. The van der Waals surface area contributed by atoms with Crippen LogP contribution in [0.1, 0.15) is 32.6 Å². The van der Waals surface area contributed by atoms with Crippen molar-refractivity contribution in [2.75, 3.05) is 0 Å². The highest BCUT2D eigenvalue weighted by Crippen LogP contribution is 2.26. The first-order chi connectivity index (χ1) is 6.74. The minimum atomic E-state index is 0.406. The molecule has 1 saturated carbocycles. The Morgan fingerprint density at radius 2 is 2.36 bits per heavy atom. The lowest BCUT2D eigenvalue weighted by Crippen LogP contribution is -2.23. The largest absolute Gasteiger partial charge is 0.487 e. The first-order valence-corrected chi connectivity index (χ1v) is 5.39. The molecule has 2 atom stereocenters. The normalized spacial score (nSPS) is 27.6. The Labute approximate surface area is 85.1 Å². The second-order valence-electron chi connectivity index (χ2n) is 4.36. The van der Waals surface area contributed by atoms with Crippen molar-refractivity contribution in [2.45, 2.75) is 38.7 Å². The lowest BCUT2D eigenvalue weighted by molar-refractivity contribution is 0.129. The molecule has 0 aromatic carbocycles. The molecule has 2 unspecified atom stereocenters. The zero-order chi connectivity index (χ0) is 9.97. The maximum Gasteiger partial charge on any atom is 0.157 e. The van der Waals surface area contributed by atoms with Crippen LogP contribution in [0.5, 0.6) is 5.75 Å². The van der Waals surface area contributed by atoms with E-state index in [0.717, 1.165) is 11.7 Å². The number of hydrogen-bond acceptors (Lipinski definition) is 2. The number of aromatic nitrogens is 2. The SMILES string of the molecule is CC1CCCC(Oc2cnn(C)c2)C1. The Balaban J connectivity index is 1.90. The standard InChI is InChI=1S/C11H18N2O/c1-9-4-3-5-10(6-9)14-11-7-12-13(2)8-11/h7-10H,3-6H2,1-2H3. The number of hydrogen-bond donors (Lipinski definition) is 0. The molecular formula is C11H18N2O. The maximum atomic E-state index is 5.86. The molecule has 1 aliphatic rings. The summed E-state index contributed by atoms with van der Waals surface area (Å²) in [4.78, 5) is 0. The van der Waals surface area contributed by atoms with Crippen LogP contribution >= 0.6 is 0 Å². The molecule has 78 valence electrons. The van der Waals surface area contributed by atoms with E-state index in [1.165, 1.54) is 25.7 Å². The summed E-state index contributed by atoms with van der Waals surface area (Å²) in [6.07, 6.45) is 9.16.